The summed E-state index contributed by atoms with van der Waals surface area (Å²) < 4.78 is 0. The minimum Gasteiger partial charge on any atom is -0.393 e. The van der Waals surface area contributed by atoms with E-state index in [1.165, 1.54) is 9.88 Å². The quantitative estimate of drug-likeness (QED) is 0.814. The van der Waals surface area contributed by atoms with Gasteiger partial charge in [-0.2, -0.15) is 0 Å². The van der Waals surface area contributed by atoms with Gasteiger partial charge in [0.15, 0.2) is 0 Å². The van der Waals surface area contributed by atoms with Crippen molar-refractivity contribution in [3.63, 3.8) is 0 Å². The molecule has 0 amide bonds. The van der Waals surface area contributed by atoms with Crippen LogP contribution in [0.3, 0.4) is 0 Å². The number of rotatable bonds is 7. The van der Waals surface area contributed by atoms with Crippen molar-refractivity contribution in [2.24, 2.45) is 5.92 Å². The van der Waals surface area contributed by atoms with Crippen molar-refractivity contribution in [2.75, 3.05) is 13.6 Å². The van der Waals surface area contributed by atoms with Gasteiger partial charge < -0.3 is 10.0 Å². The summed E-state index contributed by atoms with van der Waals surface area (Å²) in [4.78, 5) is 8.00. The van der Waals surface area contributed by atoms with Crippen molar-refractivity contribution in [3.05, 3.63) is 16.1 Å². The molecular weight excluding hydrogens is 232 g/mol. The highest BCUT2D eigenvalue weighted by Crippen LogP contribution is 2.17. The molecule has 3 nitrogen and oxygen atoms in total. The molecule has 0 bridgehead atoms. The predicted molar refractivity (Wildman–Crippen MR) is 73.3 cm³/mol. The minimum absolute atomic E-state index is 0.213. The Hall–Kier alpha value is -0.450. The molecule has 0 aliphatic rings. The smallest absolute Gasteiger partial charge is 0.0930 e. The Morgan fingerprint density at radius 1 is 1.41 bits per heavy atom. The highest BCUT2D eigenvalue weighted by Gasteiger charge is 2.07. The molecule has 1 unspecified atom stereocenters. The van der Waals surface area contributed by atoms with Gasteiger partial charge in [0, 0.05) is 30.6 Å². The van der Waals surface area contributed by atoms with E-state index in [0.717, 1.165) is 25.9 Å². The maximum absolute atomic E-state index is 9.23. The molecule has 1 rings (SSSR count). The van der Waals surface area contributed by atoms with Crippen molar-refractivity contribution in [1.29, 1.82) is 0 Å². The number of hydrogen-bond donors (Lipinski definition) is 1. The lowest BCUT2D eigenvalue weighted by Gasteiger charge is -2.15. The van der Waals surface area contributed by atoms with Crippen molar-refractivity contribution >= 4 is 11.3 Å². The van der Waals surface area contributed by atoms with Crippen LogP contribution in [0.1, 0.15) is 37.1 Å². The standard InChI is InChI=1S/C13H24N2OS/c1-10(2)7-13-14-8-12(17-13)9-15(4)6-5-11(3)16/h8,10-11,16H,5-7,9H2,1-4H3. The molecule has 0 spiro atoms. The van der Waals surface area contributed by atoms with Crippen LogP contribution in [-0.2, 0) is 13.0 Å². The zero-order valence-electron chi connectivity index (χ0n) is 11.3. The van der Waals surface area contributed by atoms with Crippen molar-refractivity contribution in [2.45, 2.75) is 46.3 Å². The number of thiazole rings is 1. The van der Waals surface area contributed by atoms with Gasteiger partial charge >= 0.3 is 0 Å². The first kappa shape index (κ1) is 14.6. The first-order chi connectivity index (χ1) is 7.97. The molecule has 0 radical (unpaired) electrons. The Labute approximate surface area is 108 Å². The normalized spacial score (nSPS) is 13.6. The maximum atomic E-state index is 9.23. The summed E-state index contributed by atoms with van der Waals surface area (Å²) in [5, 5.41) is 10.5. The molecule has 1 aromatic rings. The van der Waals surface area contributed by atoms with Crippen LogP contribution in [0.15, 0.2) is 6.20 Å². The second-order valence-corrected chi connectivity index (χ2v) is 6.39. The van der Waals surface area contributed by atoms with Gasteiger partial charge in [-0.25, -0.2) is 4.98 Å². The highest BCUT2D eigenvalue weighted by atomic mass is 32.1. The molecule has 1 aromatic heterocycles. The van der Waals surface area contributed by atoms with Gasteiger partial charge in [0.25, 0.3) is 0 Å². The average Bonchev–Trinajstić information content (AvgIpc) is 2.61. The molecule has 17 heavy (non-hydrogen) atoms. The number of nitrogens with zero attached hydrogens (tertiary/aromatic N) is 2. The molecule has 0 saturated heterocycles. The summed E-state index contributed by atoms with van der Waals surface area (Å²) in [5.74, 6) is 0.668. The highest BCUT2D eigenvalue weighted by molar-refractivity contribution is 7.11. The molecule has 1 N–H and O–H groups in total. The molecule has 0 saturated carbocycles. The van der Waals surface area contributed by atoms with Gasteiger partial charge in [0.1, 0.15) is 0 Å². The summed E-state index contributed by atoms with van der Waals surface area (Å²) in [6.45, 7) is 8.13. The van der Waals surface area contributed by atoms with E-state index in [1.54, 1.807) is 0 Å². The molecular formula is C13H24N2OS. The molecule has 0 aliphatic heterocycles. The number of aliphatic hydroxyl groups excluding tert-OH is 1. The van der Waals surface area contributed by atoms with Crippen LogP contribution in [0.5, 0.6) is 0 Å². The van der Waals surface area contributed by atoms with Gasteiger partial charge in [0.2, 0.25) is 0 Å². The predicted octanol–water partition coefficient (Wildman–Crippen LogP) is 2.54. The van der Waals surface area contributed by atoms with Gasteiger partial charge in [-0.3, -0.25) is 0 Å². The molecule has 0 aromatic carbocycles. The van der Waals surface area contributed by atoms with E-state index in [0.29, 0.717) is 5.92 Å². The fourth-order valence-corrected chi connectivity index (χ4v) is 2.83. The Morgan fingerprint density at radius 3 is 2.71 bits per heavy atom. The van der Waals surface area contributed by atoms with Crippen LogP contribution in [0.4, 0.5) is 0 Å². The van der Waals surface area contributed by atoms with E-state index in [-0.39, 0.29) is 6.10 Å². The summed E-state index contributed by atoms with van der Waals surface area (Å²) in [5.41, 5.74) is 0. The molecule has 0 fully saturated rings. The van der Waals surface area contributed by atoms with Crippen LogP contribution in [0, 0.1) is 5.92 Å². The molecule has 98 valence electrons. The van der Waals surface area contributed by atoms with Crippen molar-refractivity contribution in [1.82, 2.24) is 9.88 Å². The topological polar surface area (TPSA) is 36.4 Å². The van der Waals surface area contributed by atoms with E-state index >= 15 is 0 Å². The lowest BCUT2D eigenvalue weighted by molar-refractivity contribution is 0.163. The van der Waals surface area contributed by atoms with Crippen LogP contribution in [0.2, 0.25) is 0 Å². The summed E-state index contributed by atoms with van der Waals surface area (Å²) in [6.07, 6.45) is 3.67. The number of aliphatic hydroxyl groups is 1. The van der Waals surface area contributed by atoms with Gasteiger partial charge in [-0.1, -0.05) is 13.8 Å². The molecule has 1 atom stereocenters. The van der Waals surface area contributed by atoms with E-state index in [1.807, 2.05) is 24.5 Å². The summed E-state index contributed by atoms with van der Waals surface area (Å²) in [6, 6.07) is 0. The Balaban J connectivity index is 2.37. The van der Waals surface area contributed by atoms with Crippen LogP contribution >= 0.6 is 11.3 Å². The Kier molecular flexibility index (Phi) is 6.09. The lowest BCUT2D eigenvalue weighted by Crippen LogP contribution is -2.21. The largest absolute Gasteiger partial charge is 0.393 e. The van der Waals surface area contributed by atoms with Gasteiger partial charge in [-0.05, 0) is 26.3 Å². The molecule has 4 heteroatoms. The Bertz CT molecular complexity index is 323. The third-order valence-corrected chi connectivity index (χ3v) is 3.54. The van der Waals surface area contributed by atoms with Crippen molar-refractivity contribution < 1.29 is 5.11 Å². The van der Waals surface area contributed by atoms with Gasteiger partial charge in [-0.15, -0.1) is 11.3 Å². The van der Waals surface area contributed by atoms with Gasteiger partial charge in [0.05, 0.1) is 11.1 Å². The average molecular weight is 256 g/mol. The monoisotopic (exact) mass is 256 g/mol. The second-order valence-electron chi connectivity index (χ2n) is 5.19. The third-order valence-electron chi connectivity index (χ3n) is 2.54. The number of hydrogen-bond acceptors (Lipinski definition) is 4. The SMILES string of the molecule is CC(C)Cc1ncc(CN(C)CCC(C)O)s1. The first-order valence-electron chi connectivity index (χ1n) is 6.27. The lowest BCUT2D eigenvalue weighted by atomic mass is 10.1. The van der Waals surface area contributed by atoms with Crippen LogP contribution in [0.25, 0.3) is 0 Å². The fourth-order valence-electron chi connectivity index (χ4n) is 1.62. The van der Waals surface area contributed by atoms with E-state index < -0.39 is 0 Å². The third kappa shape index (κ3) is 6.15. The number of aromatic nitrogens is 1. The van der Waals surface area contributed by atoms with Crippen LogP contribution < -0.4 is 0 Å². The molecule has 0 aliphatic carbocycles. The first-order valence-corrected chi connectivity index (χ1v) is 7.09. The fraction of sp³-hybridized carbons (Fsp3) is 0.769. The summed E-state index contributed by atoms with van der Waals surface area (Å²) >= 11 is 1.81. The minimum atomic E-state index is -0.213. The second kappa shape index (κ2) is 7.09. The van der Waals surface area contributed by atoms with E-state index in [2.05, 4.69) is 30.8 Å². The zero-order valence-corrected chi connectivity index (χ0v) is 12.1. The summed E-state index contributed by atoms with van der Waals surface area (Å²) in [7, 11) is 2.09. The maximum Gasteiger partial charge on any atom is 0.0930 e. The van der Waals surface area contributed by atoms with E-state index in [9.17, 15) is 5.11 Å². The van der Waals surface area contributed by atoms with Crippen LogP contribution in [-0.4, -0.2) is 34.7 Å². The zero-order chi connectivity index (χ0) is 12.8. The van der Waals surface area contributed by atoms with Crippen molar-refractivity contribution in [3.8, 4) is 0 Å². The van der Waals surface area contributed by atoms with E-state index in [4.69, 9.17) is 0 Å². The Morgan fingerprint density at radius 2 is 2.12 bits per heavy atom. The molecule has 1 heterocycles.